The topological polar surface area (TPSA) is 46.3 Å². The van der Waals surface area contributed by atoms with Gasteiger partial charge in [-0.3, -0.25) is 4.79 Å². The standard InChI is InChI=1S/C16H22N2O/c1-4-13(2)12-18(3)16(19)15-9-5-7-14(11-15)8-6-10-17/h5,7,9,11,13H,4,10,12,17H2,1-3H3. The summed E-state index contributed by atoms with van der Waals surface area (Å²) < 4.78 is 0. The molecule has 1 aromatic rings. The number of carbonyl (C=O) groups excluding carboxylic acids is 1. The molecule has 0 saturated heterocycles. The first kappa shape index (κ1) is 15.3. The van der Waals surface area contributed by atoms with Crippen molar-refractivity contribution in [2.75, 3.05) is 20.1 Å². The van der Waals surface area contributed by atoms with E-state index >= 15 is 0 Å². The summed E-state index contributed by atoms with van der Waals surface area (Å²) in [5.74, 6) is 6.29. The molecule has 0 spiro atoms. The maximum absolute atomic E-state index is 12.3. The zero-order chi connectivity index (χ0) is 14.3. The second kappa shape index (κ2) is 7.60. The van der Waals surface area contributed by atoms with Crippen LogP contribution in [0.3, 0.4) is 0 Å². The van der Waals surface area contributed by atoms with E-state index in [2.05, 4.69) is 25.7 Å². The monoisotopic (exact) mass is 258 g/mol. The van der Waals surface area contributed by atoms with E-state index in [1.54, 1.807) is 4.90 Å². The van der Waals surface area contributed by atoms with Crippen LogP contribution < -0.4 is 5.73 Å². The van der Waals surface area contributed by atoms with Crippen molar-refractivity contribution in [1.29, 1.82) is 0 Å². The molecule has 0 saturated carbocycles. The van der Waals surface area contributed by atoms with Crippen LogP contribution >= 0.6 is 0 Å². The lowest BCUT2D eigenvalue weighted by atomic mass is 10.1. The Hall–Kier alpha value is -1.79. The van der Waals surface area contributed by atoms with Crippen molar-refractivity contribution in [3.05, 3.63) is 35.4 Å². The third-order valence-corrected chi connectivity index (χ3v) is 3.07. The summed E-state index contributed by atoms with van der Waals surface area (Å²) in [6.07, 6.45) is 1.07. The van der Waals surface area contributed by atoms with E-state index in [0.29, 0.717) is 18.0 Å². The summed E-state index contributed by atoms with van der Waals surface area (Å²) in [4.78, 5) is 14.0. The summed E-state index contributed by atoms with van der Waals surface area (Å²) in [7, 11) is 1.84. The Morgan fingerprint density at radius 1 is 1.47 bits per heavy atom. The molecule has 0 aliphatic heterocycles. The van der Waals surface area contributed by atoms with Crippen molar-refractivity contribution < 1.29 is 4.79 Å². The minimum Gasteiger partial charge on any atom is -0.341 e. The third kappa shape index (κ3) is 4.76. The molecule has 2 N–H and O–H groups in total. The number of benzene rings is 1. The smallest absolute Gasteiger partial charge is 0.253 e. The molecule has 0 bridgehead atoms. The highest BCUT2D eigenvalue weighted by Crippen LogP contribution is 2.10. The van der Waals surface area contributed by atoms with E-state index in [4.69, 9.17) is 5.73 Å². The van der Waals surface area contributed by atoms with E-state index in [9.17, 15) is 4.79 Å². The largest absolute Gasteiger partial charge is 0.341 e. The van der Waals surface area contributed by atoms with Gasteiger partial charge in [-0.15, -0.1) is 0 Å². The highest BCUT2D eigenvalue weighted by Gasteiger charge is 2.13. The Labute approximate surface area is 115 Å². The van der Waals surface area contributed by atoms with Gasteiger partial charge in [0.25, 0.3) is 5.91 Å². The fraction of sp³-hybridized carbons (Fsp3) is 0.438. The van der Waals surface area contributed by atoms with Crippen molar-refractivity contribution >= 4 is 5.91 Å². The van der Waals surface area contributed by atoms with E-state index in [1.807, 2.05) is 31.3 Å². The summed E-state index contributed by atoms with van der Waals surface area (Å²) in [5, 5.41) is 0. The molecular formula is C16H22N2O. The van der Waals surface area contributed by atoms with Gasteiger partial charge in [0.15, 0.2) is 0 Å². The molecule has 3 nitrogen and oxygen atoms in total. The minimum absolute atomic E-state index is 0.0386. The van der Waals surface area contributed by atoms with Crippen LogP contribution in [0.25, 0.3) is 0 Å². The van der Waals surface area contributed by atoms with Gasteiger partial charge in [0.2, 0.25) is 0 Å². The van der Waals surface area contributed by atoms with Crippen molar-refractivity contribution in [3.8, 4) is 11.8 Å². The highest BCUT2D eigenvalue weighted by molar-refractivity contribution is 5.94. The molecule has 3 heteroatoms. The Kier molecular flexibility index (Phi) is 6.11. The second-order valence-corrected chi connectivity index (χ2v) is 4.79. The molecule has 1 atom stereocenters. The summed E-state index contributed by atoms with van der Waals surface area (Å²) in [6.45, 7) is 5.37. The molecule has 1 aromatic carbocycles. The lowest BCUT2D eigenvalue weighted by Crippen LogP contribution is -2.30. The van der Waals surface area contributed by atoms with E-state index < -0.39 is 0 Å². The number of nitrogens with two attached hydrogens (primary N) is 1. The van der Waals surface area contributed by atoms with Gasteiger partial charge >= 0.3 is 0 Å². The molecule has 0 radical (unpaired) electrons. The minimum atomic E-state index is 0.0386. The van der Waals surface area contributed by atoms with Crippen molar-refractivity contribution in [1.82, 2.24) is 4.90 Å². The van der Waals surface area contributed by atoms with Crippen molar-refractivity contribution in [3.63, 3.8) is 0 Å². The SMILES string of the molecule is CCC(C)CN(C)C(=O)c1cccc(C#CCN)c1. The van der Waals surface area contributed by atoms with Crippen LogP contribution in [0.4, 0.5) is 0 Å². The summed E-state index contributed by atoms with van der Waals surface area (Å²) >= 11 is 0. The number of hydrogen-bond donors (Lipinski definition) is 1. The van der Waals surface area contributed by atoms with Crippen molar-refractivity contribution in [2.24, 2.45) is 11.7 Å². The molecule has 1 amide bonds. The number of amides is 1. The van der Waals surface area contributed by atoms with Gasteiger partial charge in [-0.1, -0.05) is 38.2 Å². The maximum atomic E-state index is 12.3. The zero-order valence-corrected chi connectivity index (χ0v) is 11.9. The highest BCUT2D eigenvalue weighted by atomic mass is 16.2. The van der Waals surface area contributed by atoms with Crippen molar-refractivity contribution in [2.45, 2.75) is 20.3 Å². The van der Waals surface area contributed by atoms with Crippen LogP contribution in [-0.2, 0) is 0 Å². The average molecular weight is 258 g/mol. The Morgan fingerprint density at radius 3 is 2.84 bits per heavy atom. The van der Waals surface area contributed by atoms with Crippen LogP contribution in [0.15, 0.2) is 24.3 Å². The average Bonchev–Trinajstić information content (AvgIpc) is 2.44. The predicted molar refractivity (Wildman–Crippen MR) is 78.8 cm³/mol. The Balaban J connectivity index is 2.81. The van der Waals surface area contributed by atoms with Gasteiger partial charge in [0.05, 0.1) is 6.54 Å². The summed E-state index contributed by atoms with van der Waals surface area (Å²) in [5.41, 5.74) is 6.85. The molecule has 0 aliphatic carbocycles. The second-order valence-electron chi connectivity index (χ2n) is 4.79. The third-order valence-electron chi connectivity index (χ3n) is 3.07. The first-order chi connectivity index (χ1) is 9.08. The van der Waals surface area contributed by atoms with Gasteiger partial charge in [-0.05, 0) is 24.1 Å². The van der Waals surface area contributed by atoms with Gasteiger partial charge in [0, 0.05) is 24.7 Å². The Morgan fingerprint density at radius 2 is 2.21 bits per heavy atom. The van der Waals surface area contributed by atoms with E-state index in [1.165, 1.54) is 0 Å². The van der Waals surface area contributed by atoms with Crippen LogP contribution in [0.2, 0.25) is 0 Å². The molecule has 19 heavy (non-hydrogen) atoms. The van der Waals surface area contributed by atoms with E-state index in [0.717, 1.165) is 18.5 Å². The van der Waals surface area contributed by atoms with Gasteiger partial charge < -0.3 is 10.6 Å². The molecule has 1 unspecified atom stereocenters. The van der Waals surface area contributed by atoms with Gasteiger partial charge in [-0.25, -0.2) is 0 Å². The zero-order valence-electron chi connectivity index (χ0n) is 11.9. The fourth-order valence-corrected chi connectivity index (χ4v) is 1.78. The van der Waals surface area contributed by atoms with Crippen LogP contribution in [-0.4, -0.2) is 30.9 Å². The fourth-order valence-electron chi connectivity index (χ4n) is 1.78. The summed E-state index contributed by atoms with van der Waals surface area (Å²) in [6, 6.07) is 7.38. The molecule has 0 aliphatic rings. The van der Waals surface area contributed by atoms with Gasteiger partial charge in [-0.2, -0.15) is 0 Å². The number of carbonyl (C=O) groups is 1. The number of rotatable bonds is 4. The molecule has 102 valence electrons. The number of hydrogen-bond acceptors (Lipinski definition) is 2. The maximum Gasteiger partial charge on any atom is 0.253 e. The van der Waals surface area contributed by atoms with Gasteiger partial charge in [0.1, 0.15) is 0 Å². The lowest BCUT2D eigenvalue weighted by molar-refractivity contribution is 0.0775. The quantitative estimate of drug-likeness (QED) is 0.841. The molecule has 1 rings (SSSR count). The predicted octanol–water partition coefficient (Wildman–Crippen LogP) is 2.11. The van der Waals surface area contributed by atoms with Crippen LogP contribution in [0, 0.1) is 17.8 Å². The molecule has 0 aromatic heterocycles. The normalized spacial score (nSPS) is 11.4. The molecular weight excluding hydrogens is 236 g/mol. The Bertz CT molecular complexity index is 485. The molecule has 0 fully saturated rings. The first-order valence-electron chi connectivity index (χ1n) is 6.63. The number of nitrogens with zero attached hydrogens (tertiary/aromatic N) is 1. The van der Waals surface area contributed by atoms with Crippen LogP contribution in [0.5, 0.6) is 0 Å². The molecule has 0 heterocycles. The first-order valence-corrected chi connectivity index (χ1v) is 6.63. The van der Waals surface area contributed by atoms with Crippen LogP contribution in [0.1, 0.15) is 36.2 Å². The lowest BCUT2D eigenvalue weighted by Gasteiger charge is -2.20. The van der Waals surface area contributed by atoms with E-state index in [-0.39, 0.29) is 5.91 Å².